The van der Waals surface area contributed by atoms with Gasteiger partial charge < -0.3 is 10.6 Å². The Morgan fingerprint density at radius 2 is 2.40 bits per heavy atom. The highest BCUT2D eigenvalue weighted by Gasteiger charge is 2.24. The Labute approximate surface area is 89.6 Å². The lowest BCUT2D eigenvalue weighted by atomic mass is 9.97. The van der Waals surface area contributed by atoms with Crippen LogP contribution in [0.5, 0.6) is 0 Å². The van der Waals surface area contributed by atoms with Crippen LogP contribution in [0.2, 0.25) is 0 Å². The average Bonchev–Trinajstić information content (AvgIpc) is 2.30. The molecule has 0 spiro atoms. The van der Waals surface area contributed by atoms with Crippen molar-refractivity contribution in [3.8, 4) is 0 Å². The molecule has 0 saturated carbocycles. The molecule has 1 atom stereocenters. The van der Waals surface area contributed by atoms with E-state index >= 15 is 0 Å². The molecular formula is C11H16N4. The fraction of sp³-hybridized carbons (Fsp3) is 0.455. The smallest absolute Gasteiger partial charge is 0.188 e. The van der Waals surface area contributed by atoms with Crippen LogP contribution < -0.4 is 5.73 Å². The highest BCUT2D eigenvalue weighted by atomic mass is 15.3. The normalized spacial score (nSPS) is 21.3. The molecule has 2 rings (SSSR count). The second kappa shape index (κ2) is 4.29. The summed E-state index contributed by atoms with van der Waals surface area (Å²) in [5.74, 6) is 0.170. The van der Waals surface area contributed by atoms with Crippen molar-refractivity contribution in [2.75, 3.05) is 6.54 Å². The van der Waals surface area contributed by atoms with Gasteiger partial charge in [0.05, 0.1) is 6.04 Å². The van der Waals surface area contributed by atoms with Crippen LogP contribution in [0.15, 0.2) is 24.5 Å². The number of pyridine rings is 1. The molecule has 0 radical (unpaired) electrons. The highest BCUT2D eigenvalue weighted by Crippen LogP contribution is 2.29. The first-order valence-electron chi connectivity index (χ1n) is 5.29. The zero-order chi connectivity index (χ0) is 10.7. The van der Waals surface area contributed by atoms with Crippen LogP contribution in [0, 0.1) is 5.41 Å². The lowest BCUT2D eigenvalue weighted by molar-refractivity contribution is 0.240. The van der Waals surface area contributed by atoms with E-state index in [-0.39, 0.29) is 12.0 Å². The molecule has 0 aliphatic carbocycles. The third-order valence-corrected chi connectivity index (χ3v) is 2.88. The number of likely N-dealkylation sites (tertiary alicyclic amines) is 1. The second-order valence-corrected chi connectivity index (χ2v) is 3.88. The molecule has 0 aromatic carbocycles. The van der Waals surface area contributed by atoms with Crippen LogP contribution >= 0.6 is 0 Å². The monoisotopic (exact) mass is 204 g/mol. The van der Waals surface area contributed by atoms with Gasteiger partial charge in [0.25, 0.3) is 0 Å². The van der Waals surface area contributed by atoms with Gasteiger partial charge in [-0.3, -0.25) is 10.4 Å². The molecule has 1 aromatic heterocycles. The first-order valence-corrected chi connectivity index (χ1v) is 5.29. The molecule has 1 aromatic rings. The molecule has 2 heterocycles. The number of piperidine rings is 1. The molecule has 3 N–H and O–H groups in total. The van der Waals surface area contributed by atoms with Crippen molar-refractivity contribution in [1.29, 1.82) is 5.41 Å². The van der Waals surface area contributed by atoms with Gasteiger partial charge >= 0.3 is 0 Å². The van der Waals surface area contributed by atoms with Gasteiger partial charge in [-0.05, 0) is 30.9 Å². The maximum absolute atomic E-state index is 7.55. The number of guanidine groups is 1. The van der Waals surface area contributed by atoms with Gasteiger partial charge in [0.1, 0.15) is 0 Å². The van der Waals surface area contributed by atoms with Crippen molar-refractivity contribution in [2.24, 2.45) is 5.73 Å². The molecule has 80 valence electrons. The van der Waals surface area contributed by atoms with Crippen LogP contribution in [0.25, 0.3) is 0 Å². The van der Waals surface area contributed by atoms with E-state index in [0.29, 0.717) is 0 Å². The van der Waals surface area contributed by atoms with E-state index in [2.05, 4.69) is 11.1 Å². The van der Waals surface area contributed by atoms with Gasteiger partial charge in [0, 0.05) is 18.9 Å². The van der Waals surface area contributed by atoms with Gasteiger partial charge in [0.2, 0.25) is 0 Å². The Balaban J connectivity index is 2.22. The molecule has 1 aliphatic rings. The number of nitrogens with zero attached hydrogens (tertiary/aromatic N) is 2. The Morgan fingerprint density at radius 1 is 1.53 bits per heavy atom. The van der Waals surface area contributed by atoms with E-state index in [4.69, 9.17) is 11.1 Å². The van der Waals surface area contributed by atoms with Gasteiger partial charge in [-0.15, -0.1) is 0 Å². The maximum atomic E-state index is 7.55. The van der Waals surface area contributed by atoms with Crippen molar-refractivity contribution in [1.82, 2.24) is 9.88 Å². The maximum Gasteiger partial charge on any atom is 0.188 e. The molecule has 4 heteroatoms. The Bertz CT molecular complexity index is 336. The third-order valence-electron chi connectivity index (χ3n) is 2.88. The Kier molecular flexibility index (Phi) is 2.85. The molecule has 15 heavy (non-hydrogen) atoms. The molecule has 0 bridgehead atoms. The summed E-state index contributed by atoms with van der Waals surface area (Å²) in [6, 6.07) is 4.23. The van der Waals surface area contributed by atoms with E-state index in [9.17, 15) is 0 Å². The summed E-state index contributed by atoms with van der Waals surface area (Å²) in [6.45, 7) is 0.884. The fourth-order valence-corrected chi connectivity index (χ4v) is 2.14. The number of aromatic nitrogens is 1. The van der Waals surface area contributed by atoms with Crippen molar-refractivity contribution in [3.05, 3.63) is 30.1 Å². The number of rotatable bonds is 1. The lowest BCUT2D eigenvalue weighted by Crippen LogP contribution is -2.42. The van der Waals surface area contributed by atoms with Crippen LogP contribution in [0.4, 0.5) is 0 Å². The number of nitrogens with one attached hydrogen (secondary N) is 1. The fourth-order valence-electron chi connectivity index (χ4n) is 2.14. The van der Waals surface area contributed by atoms with Gasteiger partial charge in [-0.2, -0.15) is 0 Å². The quantitative estimate of drug-likeness (QED) is 0.538. The second-order valence-electron chi connectivity index (χ2n) is 3.88. The van der Waals surface area contributed by atoms with Gasteiger partial charge in [0.15, 0.2) is 5.96 Å². The summed E-state index contributed by atoms with van der Waals surface area (Å²) in [6.07, 6.45) is 7.02. The summed E-state index contributed by atoms with van der Waals surface area (Å²) in [5.41, 5.74) is 6.74. The summed E-state index contributed by atoms with van der Waals surface area (Å²) in [5, 5.41) is 7.55. The number of hydrogen-bond donors (Lipinski definition) is 2. The molecule has 0 amide bonds. The van der Waals surface area contributed by atoms with Crippen LogP contribution in [-0.4, -0.2) is 22.4 Å². The first-order chi connectivity index (χ1) is 7.29. The SMILES string of the molecule is N=C(N)N1CCCC[C@@H]1c1cccnc1. The topological polar surface area (TPSA) is 66.0 Å². The lowest BCUT2D eigenvalue weighted by Gasteiger charge is -2.36. The standard InChI is InChI=1S/C11H16N4/c12-11(13)15-7-2-1-5-10(15)9-4-3-6-14-8-9/h3-4,6,8,10H,1-2,5,7H2,(H3,12,13)/t10-/m1/s1. The molecular weight excluding hydrogens is 188 g/mol. The molecule has 4 nitrogen and oxygen atoms in total. The van der Waals surface area contributed by atoms with E-state index in [1.165, 1.54) is 6.42 Å². The molecule has 1 saturated heterocycles. The van der Waals surface area contributed by atoms with E-state index in [1.807, 2.05) is 17.2 Å². The summed E-state index contributed by atoms with van der Waals surface area (Å²) >= 11 is 0. The van der Waals surface area contributed by atoms with E-state index in [0.717, 1.165) is 24.9 Å². The molecule has 0 unspecified atom stereocenters. The van der Waals surface area contributed by atoms with Gasteiger partial charge in [-0.25, -0.2) is 0 Å². The summed E-state index contributed by atoms with van der Waals surface area (Å²) < 4.78 is 0. The van der Waals surface area contributed by atoms with Crippen molar-refractivity contribution >= 4 is 5.96 Å². The predicted octanol–water partition coefficient (Wildman–Crippen LogP) is 1.50. The minimum Gasteiger partial charge on any atom is -0.370 e. The number of hydrogen-bond acceptors (Lipinski definition) is 2. The van der Waals surface area contributed by atoms with E-state index < -0.39 is 0 Å². The highest BCUT2D eigenvalue weighted by molar-refractivity contribution is 5.75. The van der Waals surface area contributed by atoms with E-state index in [1.54, 1.807) is 6.20 Å². The van der Waals surface area contributed by atoms with Crippen molar-refractivity contribution in [3.63, 3.8) is 0 Å². The third kappa shape index (κ3) is 2.09. The Hall–Kier alpha value is -1.58. The van der Waals surface area contributed by atoms with Crippen LogP contribution in [0.1, 0.15) is 30.9 Å². The summed E-state index contributed by atoms with van der Waals surface area (Å²) in [4.78, 5) is 6.07. The Morgan fingerprint density at radius 3 is 3.07 bits per heavy atom. The zero-order valence-corrected chi connectivity index (χ0v) is 8.69. The molecule has 1 fully saturated rings. The van der Waals surface area contributed by atoms with Crippen molar-refractivity contribution < 1.29 is 0 Å². The summed E-state index contributed by atoms with van der Waals surface area (Å²) in [7, 11) is 0. The predicted molar refractivity (Wildman–Crippen MR) is 59.4 cm³/mol. The largest absolute Gasteiger partial charge is 0.370 e. The zero-order valence-electron chi connectivity index (χ0n) is 8.69. The molecule has 1 aliphatic heterocycles. The van der Waals surface area contributed by atoms with Crippen molar-refractivity contribution in [2.45, 2.75) is 25.3 Å². The van der Waals surface area contributed by atoms with Gasteiger partial charge in [-0.1, -0.05) is 6.07 Å². The first kappa shape index (κ1) is 9.96. The van der Waals surface area contributed by atoms with Crippen LogP contribution in [-0.2, 0) is 0 Å². The average molecular weight is 204 g/mol. The minimum absolute atomic E-state index is 0.170. The number of nitrogens with two attached hydrogens (primary N) is 1. The van der Waals surface area contributed by atoms with Crippen LogP contribution in [0.3, 0.4) is 0 Å². The minimum atomic E-state index is 0.170.